The third-order valence-electron chi connectivity index (χ3n) is 5.74. The van der Waals surface area contributed by atoms with E-state index >= 15 is 0 Å². The Morgan fingerprint density at radius 3 is 1.97 bits per heavy atom. The number of hydrogen-bond donors (Lipinski definition) is 1. The van der Waals surface area contributed by atoms with E-state index in [4.69, 9.17) is 0 Å². The highest BCUT2D eigenvalue weighted by atomic mass is 19.4. The van der Waals surface area contributed by atoms with Gasteiger partial charge in [0.25, 0.3) is 5.91 Å². The van der Waals surface area contributed by atoms with Gasteiger partial charge in [0.1, 0.15) is 6.67 Å². The van der Waals surface area contributed by atoms with E-state index in [9.17, 15) is 44.7 Å². The van der Waals surface area contributed by atoms with Crippen LogP contribution in [0.4, 0.5) is 35.1 Å². The highest BCUT2D eigenvalue weighted by molar-refractivity contribution is 5.94. The molecule has 1 saturated heterocycles. The molecule has 2 rings (SSSR count). The first-order valence-electron chi connectivity index (χ1n) is 11.0. The van der Waals surface area contributed by atoms with Crippen LogP contribution in [0.5, 0.6) is 0 Å². The van der Waals surface area contributed by atoms with Crippen molar-refractivity contribution in [3.05, 3.63) is 34.9 Å². The Hall–Kier alpha value is -2.44. The second-order valence-electron chi connectivity index (χ2n) is 8.34. The molecule has 1 fully saturated rings. The Balaban J connectivity index is 1.91. The van der Waals surface area contributed by atoms with Gasteiger partial charge in [0.05, 0.1) is 24.3 Å². The minimum atomic E-state index is -5.05. The van der Waals surface area contributed by atoms with Crippen molar-refractivity contribution in [1.29, 1.82) is 0 Å². The number of rotatable bonds is 10. The average molecular weight is 517 g/mol. The topological polar surface area (TPSA) is 52.7 Å². The predicted molar refractivity (Wildman–Crippen MR) is 111 cm³/mol. The quantitative estimate of drug-likeness (QED) is 0.471. The molecule has 0 aliphatic carbocycles. The Kier molecular flexibility index (Phi) is 10.3. The minimum absolute atomic E-state index is 0.0137. The SMILES string of the molecule is O=C(NCC1CCN(C(=O)CN(CCF)CCCF)CC1)c1cc(C(F)(F)F)cc(C(F)(F)F)c1. The number of nitrogens with one attached hydrogen (secondary N) is 1. The molecule has 198 valence electrons. The van der Waals surface area contributed by atoms with E-state index in [-0.39, 0.29) is 50.5 Å². The first-order valence-corrected chi connectivity index (χ1v) is 11.0. The standard InChI is InChI=1S/C22H27F8N3O2/c23-4-1-6-32(9-5-24)14-19(34)33-7-2-15(3-8-33)13-31-20(35)16-10-17(21(25,26)27)12-18(11-16)22(28,29)30/h10-12,15H,1-9,13-14H2,(H,31,35). The van der Waals surface area contributed by atoms with Crippen LogP contribution in [0, 0.1) is 5.92 Å². The van der Waals surface area contributed by atoms with Gasteiger partial charge in [0.2, 0.25) is 5.91 Å². The Labute approximate surface area is 197 Å². The van der Waals surface area contributed by atoms with Crippen molar-refractivity contribution in [3.63, 3.8) is 0 Å². The lowest BCUT2D eigenvalue weighted by Gasteiger charge is -2.33. The summed E-state index contributed by atoms with van der Waals surface area (Å²) in [6.45, 7) is -0.364. The van der Waals surface area contributed by atoms with Gasteiger partial charge in [0.15, 0.2) is 0 Å². The summed E-state index contributed by atoms with van der Waals surface area (Å²) in [5.41, 5.74) is -3.89. The zero-order chi connectivity index (χ0) is 26.2. The van der Waals surface area contributed by atoms with E-state index in [1.54, 1.807) is 4.90 Å². The van der Waals surface area contributed by atoms with E-state index in [1.807, 2.05) is 0 Å². The largest absolute Gasteiger partial charge is 0.416 e. The molecule has 0 unspecified atom stereocenters. The fourth-order valence-corrected chi connectivity index (χ4v) is 3.78. The number of carbonyl (C=O) groups excluding carboxylic acids is 2. The van der Waals surface area contributed by atoms with Crippen molar-refractivity contribution >= 4 is 11.8 Å². The van der Waals surface area contributed by atoms with E-state index in [1.165, 1.54) is 4.90 Å². The summed E-state index contributed by atoms with van der Waals surface area (Å²) in [6.07, 6.45) is -9.01. The molecule has 0 aromatic heterocycles. The summed E-state index contributed by atoms with van der Waals surface area (Å²) < 4.78 is 103. The molecule has 0 spiro atoms. The number of benzene rings is 1. The van der Waals surface area contributed by atoms with Crippen molar-refractivity contribution in [2.24, 2.45) is 5.92 Å². The van der Waals surface area contributed by atoms with Crippen LogP contribution in [0.15, 0.2) is 18.2 Å². The highest BCUT2D eigenvalue weighted by Crippen LogP contribution is 2.36. The lowest BCUT2D eigenvalue weighted by Crippen LogP contribution is -2.46. The zero-order valence-corrected chi connectivity index (χ0v) is 18.8. The maximum Gasteiger partial charge on any atom is 0.416 e. The summed E-state index contributed by atoms with van der Waals surface area (Å²) in [5, 5.41) is 2.38. The van der Waals surface area contributed by atoms with Crippen LogP contribution in [-0.4, -0.2) is 74.2 Å². The fourth-order valence-electron chi connectivity index (χ4n) is 3.78. The number of nitrogens with zero attached hydrogens (tertiary/aromatic N) is 2. The number of piperidine rings is 1. The van der Waals surface area contributed by atoms with E-state index in [0.717, 1.165) is 0 Å². The van der Waals surface area contributed by atoms with Crippen LogP contribution in [0.1, 0.15) is 40.7 Å². The number of alkyl halides is 8. The van der Waals surface area contributed by atoms with E-state index < -0.39 is 48.3 Å². The summed E-state index contributed by atoms with van der Waals surface area (Å²) in [4.78, 5) is 27.8. The second kappa shape index (κ2) is 12.5. The molecule has 0 atom stereocenters. The summed E-state index contributed by atoms with van der Waals surface area (Å²) in [7, 11) is 0. The van der Waals surface area contributed by atoms with Gasteiger partial charge < -0.3 is 10.2 Å². The summed E-state index contributed by atoms with van der Waals surface area (Å²) in [6, 6.07) is 0.700. The highest BCUT2D eigenvalue weighted by Gasteiger charge is 2.37. The molecule has 0 radical (unpaired) electrons. The van der Waals surface area contributed by atoms with Crippen molar-refractivity contribution in [2.45, 2.75) is 31.6 Å². The smallest absolute Gasteiger partial charge is 0.352 e. The first kappa shape index (κ1) is 28.8. The van der Waals surface area contributed by atoms with Gasteiger partial charge in [-0.15, -0.1) is 0 Å². The monoisotopic (exact) mass is 517 g/mol. The zero-order valence-electron chi connectivity index (χ0n) is 18.8. The van der Waals surface area contributed by atoms with Gasteiger partial charge in [-0.2, -0.15) is 26.3 Å². The molecule has 1 N–H and O–H groups in total. The molecular formula is C22H27F8N3O2. The molecule has 1 aliphatic heterocycles. The third kappa shape index (κ3) is 8.93. The molecule has 5 nitrogen and oxygen atoms in total. The number of amides is 2. The normalized spacial score (nSPS) is 15.5. The van der Waals surface area contributed by atoms with Crippen LogP contribution < -0.4 is 5.32 Å². The number of hydrogen-bond acceptors (Lipinski definition) is 3. The Bertz CT molecular complexity index is 820. The molecule has 1 aliphatic rings. The van der Waals surface area contributed by atoms with E-state index in [0.29, 0.717) is 38.1 Å². The molecule has 0 bridgehead atoms. The predicted octanol–water partition coefficient (Wildman–Crippen LogP) is 4.32. The molecular weight excluding hydrogens is 490 g/mol. The molecule has 1 aromatic carbocycles. The van der Waals surface area contributed by atoms with Crippen molar-refractivity contribution in [3.8, 4) is 0 Å². The summed E-state index contributed by atoms with van der Waals surface area (Å²) >= 11 is 0. The molecule has 2 amide bonds. The van der Waals surface area contributed by atoms with Crippen molar-refractivity contribution in [2.75, 3.05) is 52.6 Å². The van der Waals surface area contributed by atoms with Gasteiger partial charge in [-0.1, -0.05) is 0 Å². The van der Waals surface area contributed by atoms with Gasteiger partial charge >= 0.3 is 12.4 Å². The van der Waals surface area contributed by atoms with Crippen LogP contribution in [0.2, 0.25) is 0 Å². The lowest BCUT2D eigenvalue weighted by molar-refractivity contribution is -0.143. The van der Waals surface area contributed by atoms with Gasteiger partial charge in [-0.25, -0.2) is 4.39 Å². The van der Waals surface area contributed by atoms with E-state index in [2.05, 4.69) is 5.32 Å². The maximum absolute atomic E-state index is 13.0. The molecule has 13 heteroatoms. The summed E-state index contributed by atoms with van der Waals surface area (Å²) in [5.74, 6) is -1.44. The second-order valence-corrected chi connectivity index (χ2v) is 8.34. The van der Waals surface area contributed by atoms with Gasteiger partial charge in [0, 0.05) is 38.3 Å². The first-order chi connectivity index (χ1) is 16.3. The van der Waals surface area contributed by atoms with Crippen LogP contribution in [-0.2, 0) is 17.1 Å². The maximum atomic E-state index is 13.0. The molecule has 1 aromatic rings. The third-order valence-corrected chi connectivity index (χ3v) is 5.74. The van der Waals surface area contributed by atoms with Gasteiger partial charge in [-0.05, 0) is 43.4 Å². The lowest BCUT2D eigenvalue weighted by atomic mass is 9.96. The number of likely N-dealkylation sites (tertiary alicyclic amines) is 1. The fraction of sp³-hybridized carbons (Fsp3) is 0.636. The molecule has 1 heterocycles. The Morgan fingerprint density at radius 1 is 0.914 bits per heavy atom. The van der Waals surface area contributed by atoms with Crippen LogP contribution in [0.3, 0.4) is 0 Å². The average Bonchev–Trinajstić information content (AvgIpc) is 2.80. The molecule has 0 saturated carbocycles. The Morgan fingerprint density at radius 2 is 1.49 bits per heavy atom. The van der Waals surface area contributed by atoms with Crippen molar-refractivity contribution < 1.29 is 44.7 Å². The number of halogens is 8. The number of carbonyl (C=O) groups is 2. The minimum Gasteiger partial charge on any atom is -0.352 e. The van der Waals surface area contributed by atoms with Crippen LogP contribution >= 0.6 is 0 Å². The van der Waals surface area contributed by atoms with Gasteiger partial charge in [-0.3, -0.25) is 18.9 Å². The van der Waals surface area contributed by atoms with Crippen LogP contribution in [0.25, 0.3) is 0 Å². The van der Waals surface area contributed by atoms with Crippen molar-refractivity contribution in [1.82, 2.24) is 15.1 Å². The molecule has 35 heavy (non-hydrogen) atoms.